The summed E-state index contributed by atoms with van der Waals surface area (Å²) in [6.45, 7) is 3.84. The number of benzene rings is 1. The van der Waals surface area contributed by atoms with Gasteiger partial charge in [0.1, 0.15) is 5.75 Å². The number of carbonyl (C=O) groups is 1. The van der Waals surface area contributed by atoms with Crippen molar-refractivity contribution in [3.8, 4) is 5.75 Å². The highest BCUT2D eigenvalue weighted by molar-refractivity contribution is 9.10. The summed E-state index contributed by atoms with van der Waals surface area (Å²) in [6, 6.07) is 3.60. The third-order valence-corrected chi connectivity index (χ3v) is 2.77. The summed E-state index contributed by atoms with van der Waals surface area (Å²) < 4.78 is 5.63. The monoisotopic (exact) mass is 258 g/mol. The zero-order chi connectivity index (χ0) is 10.7. The van der Waals surface area contributed by atoms with Crippen LogP contribution in [0, 0.1) is 6.92 Å². The molecule has 0 aliphatic rings. The van der Waals surface area contributed by atoms with Crippen LogP contribution in [0.5, 0.6) is 5.75 Å². The lowest BCUT2D eigenvalue weighted by Gasteiger charge is -2.08. The Morgan fingerprint density at radius 3 is 2.71 bits per heavy atom. The molecule has 4 heteroatoms. The van der Waals surface area contributed by atoms with Crippen LogP contribution in [-0.4, -0.2) is 11.3 Å². The maximum absolute atomic E-state index is 10.4. The summed E-state index contributed by atoms with van der Waals surface area (Å²) >= 11 is 3.38. The molecule has 0 bridgehead atoms. The summed E-state index contributed by atoms with van der Waals surface area (Å²) in [4.78, 5) is 10.4. The van der Waals surface area contributed by atoms with Crippen molar-refractivity contribution < 1.29 is 14.6 Å². The molecule has 1 aromatic carbocycles. The van der Waals surface area contributed by atoms with Crippen molar-refractivity contribution in [2.75, 3.05) is 0 Å². The summed E-state index contributed by atoms with van der Waals surface area (Å²) in [6.07, 6.45) is -0.539. The smallest absolute Gasteiger partial charge is 0.449 e. The van der Waals surface area contributed by atoms with E-state index in [2.05, 4.69) is 20.7 Å². The van der Waals surface area contributed by atoms with E-state index in [1.807, 2.05) is 19.9 Å². The first kappa shape index (κ1) is 11.0. The third-order valence-electron chi connectivity index (χ3n) is 1.92. The number of halogens is 1. The average Bonchev–Trinajstić information content (AvgIpc) is 2.10. The minimum absolute atomic E-state index is 0.417. The van der Waals surface area contributed by atoms with Gasteiger partial charge in [0.25, 0.3) is 0 Å². The van der Waals surface area contributed by atoms with Gasteiger partial charge in [0.05, 0.1) is 0 Å². The predicted octanol–water partition coefficient (Wildman–Crippen LogP) is 3.38. The molecule has 0 aliphatic carbocycles. The van der Waals surface area contributed by atoms with Crippen LogP contribution in [0.15, 0.2) is 16.6 Å². The van der Waals surface area contributed by atoms with Gasteiger partial charge in [-0.25, -0.2) is 4.79 Å². The Kier molecular flexibility index (Phi) is 3.52. The Balaban J connectivity index is 3.13. The van der Waals surface area contributed by atoms with Crippen LogP contribution in [0.2, 0.25) is 0 Å². The minimum Gasteiger partial charge on any atom is -0.449 e. The molecule has 1 aromatic rings. The van der Waals surface area contributed by atoms with E-state index in [0.29, 0.717) is 5.75 Å². The first-order valence-electron chi connectivity index (χ1n) is 4.24. The number of aryl methyl sites for hydroxylation is 2. The van der Waals surface area contributed by atoms with Gasteiger partial charge in [0, 0.05) is 4.47 Å². The van der Waals surface area contributed by atoms with Crippen LogP contribution in [0.1, 0.15) is 18.1 Å². The van der Waals surface area contributed by atoms with Crippen molar-refractivity contribution in [2.24, 2.45) is 0 Å². The first-order valence-corrected chi connectivity index (χ1v) is 5.03. The number of ether oxygens (including phenoxy) is 1. The predicted molar refractivity (Wildman–Crippen MR) is 56.9 cm³/mol. The Labute approximate surface area is 90.8 Å². The highest BCUT2D eigenvalue weighted by atomic mass is 79.9. The maximum atomic E-state index is 10.4. The fraction of sp³-hybridized carbons (Fsp3) is 0.300. The fourth-order valence-corrected chi connectivity index (χ4v) is 1.55. The molecular weight excluding hydrogens is 248 g/mol. The van der Waals surface area contributed by atoms with E-state index in [0.717, 1.165) is 22.0 Å². The number of hydrogen-bond acceptors (Lipinski definition) is 2. The Bertz CT molecular complexity index is 361. The van der Waals surface area contributed by atoms with Crippen molar-refractivity contribution in [1.29, 1.82) is 0 Å². The van der Waals surface area contributed by atoms with Crippen LogP contribution < -0.4 is 4.74 Å². The second-order valence-corrected chi connectivity index (χ2v) is 3.78. The van der Waals surface area contributed by atoms with Gasteiger partial charge in [-0.3, -0.25) is 0 Å². The standard InChI is InChI=1S/C10H11BrO3/c1-3-7-5-8(11)6(2)4-9(7)14-10(12)13/h4-5H,3H2,1-2H3,(H,12,13). The molecule has 0 unspecified atom stereocenters. The summed E-state index contributed by atoms with van der Waals surface area (Å²) in [5.41, 5.74) is 1.84. The van der Waals surface area contributed by atoms with E-state index in [4.69, 9.17) is 5.11 Å². The highest BCUT2D eigenvalue weighted by Gasteiger charge is 2.08. The molecule has 1 rings (SSSR count). The van der Waals surface area contributed by atoms with E-state index in [1.54, 1.807) is 6.07 Å². The van der Waals surface area contributed by atoms with Crippen molar-refractivity contribution in [1.82, 2.24) is 0 Å². The van der Waals surface area contributed by atoms with E-state index in [-0.39, 0.29) is 0 Å². The third kappa shape index (κ3) is 2.48. The molecule has 3 nitrogen and oxygen atoms in total. The van der Waals surface area contributed by atoms with Crippen LogP contribution in [0.25, 0.3) is 0 Å². The normalized spacial score (nSPS) is 9.93. The molecule has 0 saturated heterocycles. The zero-order valence-corrected chi connectivity index (χ0v) is 9.59. The van der Waals surface area contributed by atoms with Gasteiger partial charge < -0.3 is 9.84 Å². The molecule has 0 aromatic heterocycles. The highest BCUT2D eigenvalue weighted by Crippen LogP contribution is 2.27. The quantitative estimate of drug-likeness (QED) is 0.654. The summed E-state index contributed by atoms with van der Waals surface area (Å²) in [7, 11) is 0. The molecule has 0 aliphatic heterocycles. The molecule has 14 heavy (non-hydrogen) atoms. The van der Waals surface area contributed by atoms with Crippen molar-refractivity contribution in [2.45, 2.75) is 20.3 Å². The number of hydrogen-bond donors (Lipinski definition) is 1. The molecule has 1 N–H and O–H groups in total. The zero-order valence-electron chi connectivity index (χ0n) is 8.00. The van der Waals surface area contributed by atoms with Crippen LogP contribution in [0.4, 0.5) is 4.79 Å². The Hall–Kier alpha value is -1.03. The van der Waals surface area contributed by atoms with Crippen LogP contribution in [0.3, 0.4) is 0 Å². The molecule has 0 amide bonds. The van der Waals surface area contributed by atoms with Crippen LogP contribution >= 0.6 is 15.9 Å². The minimum atomic E-state index is -1.28. The van der Waals surface area contributed by atoms with Gasteiger partial charge in [0.15, 0.2) is 0 Å². The number of carboxylic acid groups (broad SMARTS) is 1. The van der Waals surface area contributed by atoms with Gasteiger partial charge in [-0.1, -0.05) is 22.9 Å². The maximum Gasteiger partial charge on any atom is 0.511 e. The first-order chi connectivity index (χ1) is 6.54. The van der Waals surface area contributed by atoms with Gasteiger partial charge in [-0.15, -0.1) is 0 Å². The average molecular weight is 259 g/mol. The van der Waals surface area contributed by atoms with Crippen molar-refractivity contribution in [3.63, 3.8) is 0 Å². The van der Waals surface area contributed by atoms with Gasteiger partial charge in [-0.2, -0.15) is 0 Å². The Morgan fingerprint density at radius 2 is 2.21 bits per heavy atom. The van der Waals surface area contributed by atoms with Crippen molar-refractivity contribution in [3.05, 3.63) is 27.7 Å². The van der Waals surface area contributed by atoms with E-state index < -0.39 is 6.16 Å². The lowest BCUT2D eigenvalue weighted by atomic mass is 10.1. The van der Waals surface area contributed by atoms with Gasteiger partial charge in [-0.05, 0) is 36.6 Å². The fourth-order valence-electron chi connectivity index (χ4n) is 1.16. The molecule has 76 valence electrons. The van der Waals surface area contributed by atoms with E-state index in [1.165, 1.54) is 0 Å². The van der Waals surface area contributed by atoms with E-state index >= 15 is 0 Å². The van der Waals surface area contributed by atoms with Gasteiger partial charge in [0.2, 0.25) is 0 Å². The Morgan fingerprint density at radius 1 is 1.57 bits per heavy atom. The number of rotatable bonds is 2. The molecule has 0 heterocycles. The lowest BCUT2D eigenvalue weighted by Crippen LogP contribution is -2.05. The SMILES string of the molecule is CCc1cc(Br)c(C)cc1OC(=O)O. The van der Waals surface area contributed by atoms with Crippen LogP contribution in [-0.2, 0) is 6.42 Å². The van der Waals surface area contributed by atoms with E-state index in [9.17, 15) is 4.79 Å². The molecule has 0 radical (unpaired) electrons. The summed E-state index contributed by atoms with van der Waals surface area (Å²) in [5.74, 6) is 0.417. The largest absolute Gasteiger partial charge is 0.511 e. The molecule has 0 spiro atoms. The second kappa shape index (κ2) is 4.46. The van der Waals surface area contributed by atoms with Crippen molar-refractivity contribution >= 4 is 22.1 Å². The summed E-state index contributed by atoms with van der Waals surface area (Å²) in [5, 5.41) is 8.51. The molecular formula is C10H11BrO3. The van der Waals surface area contributed by atoms with Gasteiger partial charge >= 0.3 is 6.16 Å². The molecule has 0 saturated carbocycles. The molecule has 0 atom stereocenters. The second-order valence-electron chi connectivity index (χ2n) is 2.93. The molecule has 0 fully saturated rings. The lowest BCUT2D eigenvalue weighted by molar-refractivity contribution is 0.144. The topological polar surface area (TPSA) is 46.5 Å².